The quantitative estimate of drug-likeness (QED) is 0.942. The highest BCUT2D eigenvalue weighted by molar-refractivity contribution is 5.33. The van der Waals surface area contributed by atoms with Crippen molar-refractivity contribution in [3.05, 3.63) is 52.1 Å². The molecule has 1 aliphatic carbocycles. The van der Waals surface area contributed by atoms with Crippen LogP contribution >= 0.6 is 0 Å². The molecule has 0 amide bonds. The highest BCUT2D eigenvalue weighted by Crippen LogP contribution is 2.23. The number of aryl methyl sites for hydroxylation is 3. The molecule has 1 aromatic carbocycles. The van der Waals surface area contributed by atoms with Crippen LogP contribution in [-0.4, -0.2) is 9.97 Å². The van der Waals surface area contributed by atoms with Crippen LogP contribution in [0.5, 0.6) is 5.75 Å². The Balaban J connectivity index is 1.80. The van der Waals surface area contributed by atoms with E-state index in [0.717, 1.165) is 30.1 Å². The standard InChI is InChI=1S/C18H23N3O/c1-12-7-13(2)9-14(8-12)22-11-18-20-16-6-4-3-5-15(16)17(10-19)21-18/h7-9H,3-6,10-11,19H2,1-2H3. The summed E-state index contributed by atoms with van der Waals surface area (Å²) in [5, 5.41) is 0. The normalized spacial score (nSPS) is 13.8. The molecule has 22 heavy (non-hydrogen) atoms. The second-order valence-electron chi connectivity index (χ2n) is 6.04. The number of nitrogens with zero attached hydrogens (tertiary/aromatic N) is 2. The van der Waals surface area contributed by atoms with Gasteiger partial charge in [0.25, 0.3) is 0 Å². The third-order valence-corrected chi connectivity index (χ3v) is 4.07. The Morgan fingerprint density at radius 2 is 1.77 bits per heavy atom. The zero-order valence-corrected chi connectivity index (χ0v) is 13.4. The van der Waals surface area contributed by atoms with Crippen molar-refractivity contribution in [1.29, 1.82) is 0 Å². The van der Waals surface area contributed by atoms with E-state index >= 15 is 0 Å². The molecule has 116 valence electrons. The molecule has 0 atom stereocenters. The van der Waals surface area contributed by atoms with Crippen molar-refractivity contribution in [2.45, 2.75) is 52.7 Å². The summed E-state index contributed by atoms with van der Waals surface area (Å²) in [5.74, 6) is 1.60. The molecule has 4 nitrogen and oxygen atoms in total. The summed E-state index contributed by atoms with van der Waals surface area (Å²) in [6.45, 7) is 5.01. The summed E-state index contributed by atoms with van der Waals surface area (Å²) in [5.41, 5.74) is 11.7. The Hall–Kier alpha value is -1.94. The summed E-state index contributed by atoms with van der Waals surface area (Å²) in [6, 6.07) is 6.21. The van der Waals surface area contributed by atoms with E-state index in [-0.39, 0.29) is 0 Å². The number of rotatable bonds is 4. The fourth-order valence-corrected chi connectivity index (χ4v) is 3.13. The van der Waals surface area contributed by atoms with Gasteiger partial charge >= 0.3 is 0 Å². The van der Waals surface area contributed by atoms with Crippen molar-refractivity contribution < 1.29 is 4.74 Å². The first-order chi connectivity index (χ1) is 10.7. The number of hydrogen-bond acceptors (Lipinski definition) is 4. The largest absolute Gasteiger partial charge is 0.486 e. The zero-order valence-electron chi connectivity index (χ0n) is 13.4. The van der Waals surface area contributed by atoms with Gasteiger partial charge in [-0.05, 0) is 68.4 Å². The van der Waals surface area contributed by atoms with Gasteiger partial charge in [-0.3, -0.25) is 0 Å². The van der Waals surface area contributed by atoms with Gasteiger partial charge in [0.1, 0.15) is 12.4 Å². The first-order valence-corrected chi connectivity index (χ1v) is 7.94. The van der Waals surface area contributed by atoms with E-state index in [9.17, 15) is 0 Å². The van der Waals surface area contributed by atoms with Crippen molar-refractivity contribution in [2.24, 2.45) is 5.73 Å². The average Bonchev–Trinajstić information content (AvgIpc) is 2.51. The van der Waals surface area contributed by atoms with Crippen LogP contribution in [0.25, 0.3) is 0 Å². The highest BCUT2D eigenvalue weighted by atomic mass is 16.5. The van der Waals surface area contributed by atoms with Crippen LogP contribution in [0.4, 0.5) is 0 Å². The van der Waals surface area contributed by atoms with Gasteiger partial charge in [0.05, 0.1) is 5.69 Å². The Labute approximate surface area is 131 Å². The van der Waals surface area contributed by atoms with Crippen molar-refractivity contribution in [2.75, 3.05) is 0 Å². The van der Waals surface area contributed by atoms with Gasteiger partial charge in [-0.25, -0.2) is 9.97 Å². The maximum absolute atomic E-state index is 5.88. The first-order valence-electron chi connectivity index (χ1n) is 7.94. The molecule has 3 rings (SSSR count). The van der Waals surface area contributed by atoms with E-state index in [2.05, 4.69) is 24.9 Å². The Morgan fingerprint density at radius 3 is 2.50 bits per heavy atom. The molecule has 2 N–H and O–H groups in total. The second-order valence-corrected chi connectivity index (χ2v) is 6.04. The van der Waals surface area contributed by atoms with Crippen molar-refractivity contribution >= 4 is 0 Å². The Bertz CT molecular complexity index is 645. The summed E-state index contributed by atoms with van der Waals surface area (Å²) in [4.78, 5) is 9.29. The minimum atomic E-state index is 0.392. The monoisotopic (exact) mass is 297 g/mol. The molecular weight excluding hydrogens is 274 g/mol. The Morgan fingerprint density at radius 1 is 1.05 bits per heavy atom. The molecule has 4 heteroatoms. The lowest BCUT2D eigenvalue weighted by atomic mass is 9.94. The molecule has 0 unspecified atom stereocenters. The van der Waals surface area contributed by atoms with Gasteiger partial charge < -0.3 is 10.5 Å². The number of benzene rings is 1. The van der Waals surface area contributed by atoms with E-state index in [4.69, 9.17) is 15.5 Å². The van der Waals surface area contributed by atoms with Crippen molar-refractivity contribution in [1.82, 2.24) is 9.97 Å². The van der Waals surface area contributed by atoms with E-state index < -0.39 is 0 Å². The number of hydrogen-bond donors (Lipinski definition) is 1. The van der Waals surface area contributed by atoms with E-state index in [1.807, 2.05) is 12.1 Å². The molecule has 2 aromatic rings. The average molecular weight is 297 g/mol. The summed E-state index contributed by atoms with van der Waals surface area (Å²) in [7, 11) is 0. The molecule has 1 heterocycles. The lowest BCUT2D eigenvalue weighted by Crippen LogP contribution is -2.17. The highest BCUT2D eigenvalue weighted by Gasteiger charge is 2.17. The zero-order chi connectivity index (χ0) is 15.5. The minimum absolute atomic E-state index is 0.392. The molecule has 0 saturated heterocycles. The lowest BCUT2D eigenvalue weighted by molar-refractivity contribution is 0.294. The van der Waals surface area contributed by atoms with Gasteiger partial charge in [0, 0.05) is 12.2 Å². The maximum Gasteiger partial charge on any atom is 0.166 e. The fourth-order valence-electron chi connectivity index (χ4n) is 3.13. The van der Waals surface area contributed by atoms with Crippen LogP contribution in [0.3, 0.4) is 0 Å². The van der Waals surface area contributed by atoms with Crippen LogP contribution in [0, 0.1) is 13.8 Å². The summed E-state index contributed by atoms with van der Waals surface area (Å²) >= 11 is 0. The first kappa shape index (κ1) is 15.0. The predicted octanol–water partition coefficient (Wildman–Crippen LogP) is 3.01. The Kier molecular flexibility index (Phi) is 4.39. The van der Waals surface area contributed by atoms with E-state index in [0.29, 0.717) is 13.2 Å². The van der Waals surface area contributed by atoms with Crippen LogP contribution in [0.1, 0.15) is 46.7 Å². The summed E-state index contributed by atoms with van der Waals surface area (Å²) in [6.07, 6.45) is 4.49. The van der Waals surface area contributed by atoms with Crippen LogP contribution in [0.15, 0.2) is 18.2 Å². The van der Waals surface area contributed by atoms with E-state index in [1.165, 1.54) is 35.2 Å². The molecular formula is C18H23N3O. The predicted molar refractivity (Wildman–Crippen MR) is 86.8 cm³/mol. The van der Waals surface area contributed by atoms with Gasteiger partial charge in [0.15, 0.2) is 5.82 Å². The van der Waals surface area contributed by atoms with Crippen molar-refractivity contribution in [3.63, 3.8) is 0 Å². The third-order valence-electron chi connectivity index (χ3n) is 4.07. The molecule has 1 aromatic heterocycles. The van der Waals surface area contributed by atoms with Gasteiger partial charge in [-0.2, -0.15) is 0 Å². The number of nitrogens with two attached hydrogens (primary N) is 1. The van der Waals surface area contributed by atoms with Gasteiger partial charge in [-0.15, -0.1) is 0 Å². The van der Waals surface area contributed by atoms with Gasteiger partial charge in [-0.1, -0.05) is 6.07 Å². The van der Waals surface area contributed by atoms with Crippen LogP contribution < -0.4 is 10.5 Å². The molecule has 0 bridgehead atoms. The summed E-state index contributed by atoms with van der Waals surface area (Å²) < 4.78 is 5.88. The third kappa shape index (κ3) is 3.28. The molecule has 0 radical (unpaired) electrons. The van der Waals surface area contributed by atoms with Crippen LogP contribution in [0.2, 0.25) is 0 Å². The topological polar surface area (TPSA) is 61.0 Å². The maximum atomic E-state index is 5.88. The van der Waals surface area contributed by atoms with Crippen LogP contribution in [-0.2, 0) is 26.0 Å². The number of fused-ring (bicyclic) bond motifs is 1. The minimum Gasteiger partial charge on any atom is -0.486 e. The van der Waals surface area contributed by atoms with E-state index in [1.54, 1.807) is 0 Å². The number of ether oxygens (including phenoxy) is 1. The molecule has 0 spiro atoms. The number of aromatic nitrogens is 2. The SMILES string of the molecule is Cc1cc(C)cc(OCc2nc(CN)c3c(n2)CCCC3)c1. The van der Waals surface area contributed by atoms with Crippen molar-refractivity contribution in [3.8, 4) is 5.75 Å². The second kappa shape index (κ2) is 6.44. The molecule has 0 aliphatic heterocycles. The molecule has 1 aliphatic rings. The smallest absolute Gasteiger partial charge is 0.166 e. The molecule has 0 fully saturated rings. The fraction of sp³-hybridized carbons (Fsp3) is 0.444. The van der Waals surface area contributed by atoms with Gasteiger partial charge in [0.2, 0.25) is 0 Å². The molecule has 0 saturated carbocycles. The lowest BCUT2D eigenvalue weighted by Gasteiger charge is -2.18.